The van der Waals surface area contributed by atoms with Crippen LogP contribution in [0.4, 0.5) is 0 Å². The molecule has 3 heteroatoms. The Balaban J connectivity index is 3.09. The molecule has 0 radical (unpaired) electrons. The molecule has 17 heavy (non-hydrogen) atoms. The van der Waals surface area contributed by atoms with Crippen molar-refractivity contribution in [3.05, 3.63) is 22.8 Å². The number of hydrogen-bond acceptors (Lipinski definition) is 3. The molecule has 0 saturated carbocycles. The second kappa shape index (κ2) is 6.50. The van der Waals surface area contributed by atoms with E-state index in [9.17, 15) is 0 Å². The second-order valence-electron chi connectivity index (χ2n) is 4.28. The van der Waals surface area contributed by atoms with E-state index in [4.69, 9.17) is 15.2 Å². The molecule has 1 rings (SSSR count). The van der Waals surface area contributed by atoms with E-state index in [1.807, 2.05) is 6.07 Å². The van der Waals surface area contributed by atoms with Crippen LogP contribution >= 0.6 is 0 Å². The van der Waals surface area contributed by atoms with Crippen molar-refractivity contribution in [3.8, 4) is 11.5 Å². The maximum absolute atomic E-state index is 5.53. The Morgan fingerprint density at radius 1 is 1.12 bits per heavy atom. The van der Waals surface area contributed by atoms with Crippen molar-refractivity contribution < 1.29 is 9.47 Å². The lowest BCUT2D eigenvalue weighted by Crippen LogP contribution is -2.03. The molecular formula is C14H23NO2. The van der Waals surface area contributed by atoms with Crippen molar-refractivity contribution in [1.29, 1.82) is 0 Å². The highest BCUT2D eigenvalue weighted by atomic mass is 16.5. The summed E-state index contributed by atoms with van der Waals surface area (Å²) in [6.45, 7) is 4.98. The summed E-state index contributed by atoms with van der Waals surface area (Å²) in [6.07, 6.45) is 3.11. The molecule has 96 valence electrons. The van der Waals surface area contributed by atoms with Gasteiger partial charge in [0.15, 0.2) is 11.5 Å². The molecule has 0 aliphatic heterocycles. The Labute approximate surface area is 104 Å². The number of hydrogen-bond donors (Lipinski definition) is 1. The maximum atomic E-state index is 5.53. The summed E-state index contributed by atoms with van der Waals surface area (Å²) in [5.41, 5.74) is 9.31. The van der Waals surface area contributed by atoms with Crippen LogP contribution in [0.2, 0.25) is 0 Å². The normalized spacial score (nSPS) is 10.4. The molecule has 2 N–H and O–H groups in total. The number of benzene rings is 1. The van der Waals surface area contributed by atoms with Crippen LogP contribution in [0.1, 0.15) is 29.5 Å². The second-order valence-corrected chi connectivity index (χ2v) is 4.28. The molecule has 3 nitrogen and oxygen atoms in total. The average molecular weight is 237 g/mol. The zero-order valence-electron chi connectivity index (χ0n) is 11.3. The molecular weight excluding hydrogens is 214 g/mol. The summed E-state index contributed by atoms with van der Waals surface area (Å²) in [7, 11) is 3.37. The molecule has 0 spiro atoms. The van der Waals surface area contributed by atoms with Gasteiger partial charge in [0, 0.05) is 5.56 Å². The van der Waals surface area contributed by atoms with E-state index in [0.29, 0.717) is 0 Å². The summed E-state index contributed by atoms with van der Waals surface area (Å²) >= 11 is 0. The molecule has 0 amide bonds. The lowest BCUT2D eigenvalue weighted by molar-refractivity contribution is 0.350. The summed E-state index contributed by atoms with van der Waals surface area (Å²) in [5.74, 6) is 1.69. The van der Waals surface area contributed by atoms with Crippen molar-refractivity contribution in [1.82, 2.24) is 0 Å². The third-order valence-electron chi connectivity index (χ3n) is 3.19. The van der Waals surface area contributed by atoms with Gasteiger partial charge in [-0.3, -0.25) is 0 Å². The van der Waals surface area contributed by atoms with Gasteiger partial charge < -0.3 is 15.2 Å². The predicted molar refractivity (Wildman–Crippen MR) is 71.0 cm³/mol. The number of unbranched alkanes of at least 4 members (excludes halogenated alkanes) is 1. The summed E-state index contributed by atoms with van der Waals surface area (Å²) in [6, 6.07) is 2.03. The zero-order valence-corrected chi connectivity index (χ0v) is 11.3. The molecule has 0 heterocycles. The van der Waals surface area contributed by atoms with Crippen LogP contribution < -0.4 is 15.2 Å². The lowest BCUT2D eigenvalue weighted by Gasteiger charge is -2.17. The van der Waals surface area contributed by atoms with Crippen LogP contribution in [0.25, 0.3) is 0 Å². The van der Waals surface area contributed by atoms with Crippen molar-refractivity contribution in [3.63, 3.8) is 0 Å². The van der Waals surface area contributed by atoms with E-state index in [0.717, 1.165) is 37.3 Å². The average Bonchev–Trinajstić information content (AvgIpc) is 2.34. The monoisotopic (exact) mass is 237 g/mol. The molecule has 0 aliphatic rings. The number of ether oxygens (including phenoxy) is 2. The van der Waals surface area contributed by atoms with Gasteiger partial charge in [0.05, 0.1) is 14.2 Å². The lowest BCUT2D eigenvalue weighted by atomic mass is 9.97. The van der Waals surface area contributed by atoms with Gasteiger partial charge in [0.25, 0.3) is 0 Å². The van der Waals surface area contributed by atoms with Gasteiger partial charge in [0.1, 0.15) is 0 Å². The van der Waals surface area contributed by atoms with Crippen LogP contribution in [0.15, 0.2) is 6.07 Å². The van der Waals surface area contributed by atoms with Crippen molar-refractivity contribution in [2.75, 3.05) is 20.8 Å². The summed E-state index contributed by atoms with van der Waals surface area (Å²) in [5, 5.41) is 0. The maximum Gasteiger partial charge on any atom is 0.164 e. The fourth-order valence-electron chi connectivity index (χ4n) is 2.05. The van der Waals surface area contributed by atoms with Crippen LogP contribution in [-0.2, 0) is 6.42 Å². The van der Waals surface area contributed by atoms with Crippen LogP contribution in [0.5, 0.6) is 11.5 Å². The highest BCUT2D eigenvalue weighted by molar-refractivity contribution is 5.53. The molecule has 1 aromatic rings. The third-order valence-corrected chi connectivity index (χ3v) is 3.19. The highest BCUT2D eigenvalue weighted by Crippen LogP contribution is 2.36. The summed E-state index contributed by atoms with van der Waals surface area (Å²) in [4.78, 5) is 0. The van der Waals surface area contributed by atoms with Gasteiger partial charge >= 0.3 is 0 Å². The molecule has 0 unspecified atom stereocenters. The Morgan fingerprint density at radius 2 is 1.82 bits per heavy atom. The van der Waals surface area contributed by atoms with Crippen molar-refractivity contribution in [2.45, 2.75) is 33.1 Å². The first-order valence-electron chi connectivity index (χ1n) is 6.06. The van der Waals surface area contributed by atoms with Gasteiger partial charge in [-0.15, -0.1) is 0 Å². The molecule has 0 bridgehead atoms. The van der Waals surface area contributed by atoms with Crippen LogP contribution in [-0.4, -0.2) is 20.8 Å². The molecule has 0 aliphatic carbocycles. The predicted octanol–water partition coefficient (Wildman–Crippen LogP) is 2.60. The Bertz CT molecular complexity index is 375. The summed E-state index contributed by atoms with van der Waals surface area (Å²) < 4.78 is 10.8. The topological polar surface area (TPSA) is 44.5 Å². The van der Waals surface area contributed by atoms with Crippen molar-refractivity contribution >= 4 is 0 Å². The first-order valence-corrected chi connectivity index (χ1v) is 6.06. The largest absolute Gasteiger partial charge is 0.493 e. The number of aryl methyl sites for hydroxylation is 1. The zero-order chi connectivity index (χ0) is 12.8. The molecule has 0 atom stereocenters. The smallest absolute Gasteiger partial charge is 0.164 e. The Hall–Kier alpha value is -1.22. The molecule has 0 fully saturated rings. The third kappa shape index (κ3) is 3.13. The number of nitrogens with two attached hydrogens (primary N) is 1. The fraction of sp³-hybridized carbons (Fsp3) is 0.571. The van der Waals surface area contributed by atoms with Gasteiger partial charge in [-0.1, -0.05) is 0 Å². The minimum absolute atomic E-state index is 0.740. The van der Waals surface area contributed by atoms with Gasteiger partial charge in [-0.25, -0.2) is 0 Å². The first-order chi connectivity index (χ1) is 8.15. The number of rotatable bonds is 6. The number of methoxy groups -OCH3 is 2. The minimum atomic E-state index is 0.740. The van der Waals surface area contributed by atoms with E-state index in [-0.39, 0.29) is 0 Å². The van der Waals surface area contributed by atoms with Gasteiger partial charge in [-0.2, -0.15) is 0 Å². The standard InChI is InChI=1S/C14H23NO2/c1-10-9-13(16-3)14(17-4)12(11(10)2)7-5-6-8-15/h9H,5-8,15H2,1-4H3. The van der Waals surface area contributed by atoms with Crippen molar-refractivity contribution in [2.24, 2.45) is 5.73 Å². The molecule has 0 aromatic heterocycles. The van der Waals surface area contributed by atoms with Gasteiger partial charge in [-0.05, 0) is 56.8 Å². The van der Waals surface area contributed by atoms with E-state index in [1.165, 1.54) is 16.7 Å². The van der Waals surface area contributed by atoms with E-state index in [2.05, 4.69) is 13.8 Å². The van der Waals surface area contributed by atoms with Crippen LogP contribution in [0, 0.1) is 13.8 Å². The SMILES string of the molecule is COc1cc(C)c(C)c(CCCCN)c1OC. The quantitative estimate of drug-likeness (QED) is 0.773. The fourth-order valence-corrected chi connectivity index (χ4v) is 2.05. The van der Waals surface area contributed by atoms with Crippen LogP contribution in [0.3, 0.4) is 0 Å². The van der Waals surface area contributed by atoms with E-state index < -0.39 is 0 Å². The van der Waals surface area contributed by atoms with E-state index in [1.54, 1.807) is 14.2 Å². The highest BCUT2D eigenvalue weighted by Gasteiger charge is 2.14. The van der Waals surface area contributed by atoms with Gasteiger partial charge in [0.2, 0.25) is 0 Å². The first kappa shape index (κ1) is 13.8. The molecule has 0 saturated heterocycles. The Morgan fingerprint density at radius 3 is 2.35 bits per heavy atom. The Kier molecular flexibility index (Phi) is 5.29. The minimum Gasteiger partial charge on any atom is -0.493 e. The molecule has 1 aromatic carbocycles. The van der Waals surface area contributed by atoms with E-state index >= 15 is 0 Å².